The van der Waals surface area contributed by atoms with Crippen molar-refractivity contribution < 1.29 is 4.74 Å². The summed E-state index contributed by atoms with van der Waals surface area (Å²) in [5.41, 5.74) is 6.81. The molecule has 5 heteroatoms. The molecule has 0 radical (unpaired) electrons. The van der Waals surface area contributed by atoms with Crippen LogP contribution in [0.15, 0.2) is 16.2 Å². The average molecular weight is 229 g/mol. The molecule has 1 aliphatic heterocycles. The number of amidine groups is 1. The Morgan fingerprint density at radius 3 is 3.00 bits per heavy atom. The van der Waals surface area contributed by atoms with Gasteiger partial charge < -0.3 is 10.5 Å². The Bertz CT molecular complexity index is 253. The van der Waals surface area contributed by atoms with Crippen molar-refractivity contribution in [2.45, 2.75) is 26.2 Å². The number of nitrogens with two attached hydrogens (primary N) is 1. The molecule has 0 aliphatic carbocycles. The summed E-state index contributed by atoms with van der Waals surface area (Å²) in [5, 5.41) is 8.90. The van der Waals surface area contributed by atoms with Crippen LogP contribution < -0.4 is 5.73 Å². The van der Waals surface area contributed by atoms with E-state index in [0.717, 1.165) is 26.0 Å². The van der Waals surface area contributed by atoms with Crippen molar-refractivity contribution in [3.05, 3.63) is 11.1 Å². The highest BCUT2D eigenvalue weighted by Gasteiger charge is 2.09. The monoisotopic (exact) mass is 229 g/mol. The minimum atomic E-state index is 0.623. The normalized spacial score (nSPS) is 16.3. The van der Waals surface area contributed by atoms with E-state index in [0.29, 0.717) is 5.17 Å². The largest absolute Gasteiger partial charge is 0.385 e. The number of rotatable bonds is 6. The summed E-state index contributed by atoms with van der Waals surface area (Å²) in [6.45, 7) is 3.83. The van der Waals surface area contributed by atoms with Crippen LogP contribution in [0.25, 0.3) is 0 Å². The molecule has 0 unspecified atom stereocenters. The average Bonchev–Trinajstić information content (AvgIpc) is 2.23. The predicted octanol–water partition coefficient (Wildman–Crippen LogP) is 1.94. The van der Waals surface area contributed by atoms with Crippen LogP contribution in [0, 0.1) is 0 Å². The van der Waals surface area contributed by atoms with Crippen molar-refractivity contribution in [1.29, 1.82) is 0 Å². The second-order valence-electron chi connectivity index (χ2n) is 3.49. The van der Waals surface area contributed by atoms with E-state index in [2.05, 4.69) is 12.0 Å². The number of hydrogen-bond acceptors (Lipinski definition) is 5. The van der Waals surface area contributed by atoms with Crippen LogP contribution in [0.4, 0.5) is 0 Å². The topological polar surface area (TPSA) is 50.8 Å². The van der Waals surface area contributed by atoms with Crippen LogP contribution in [0.2, 0.25) is 0 Å². The third kappa shape index (κ3) is 4.57. The van der Waals surface area contributed by atoms with Gasteiger partial charge in [-0.3, -0.25) is 5.01 Å². The second kappa shape index (κ2) is 6.74. The van der Waals surface area contributed by atoms with Crippen molar-refractivity contribution >= 4 is 16.9 Å². The van der Waals surface area contributed by atoms with E-state index in [9.17, 15) is 0 Å². The fourth-order valence-corrected chi connectivity index (χ4v) is 1.90. The van der Waals surface area contributed by atoms with Crippen LogP contribution in [0.1, 0.15) is 26.2 Å². The summed E-state index contributed by atoms with van der Waals surface area (Å²) in [4.78, 5) is 0. The van der Waals surface area contributed by atoms with Crippen LogP contribution in [0.3, 0.4) is 0 Å². The molecule has 0 aromatic heterocycles. The van der Waals surface area contributed by atoms with E-state index in [1.807, 2.05) is 10.4 Å². The minimum absolute atomic E-state index is 0.623. The Morgan fingerprint density at radius 1 is 1.47 bits per heavy atom. The van der Waals surface area contributed by atoms with E-state index in [1.54, 1.807) is 7.11 Å². The smallest absolute Gasteiger partial charge is 0.182 e. The first-order chi connectivity index (χ1) is 7.24. The van der Waals surface area contributed by atoms with Crippen molar-refractivity contribution in [3.8, 4) is 0 Å². The first kappa shape index (κ1) is 12.4. The Labute approximate surface area is 95.5 Å². The molecule has 1 heterocycles. The number of nitrogens with zero attached hydrogens (tertiary/aromatic N) is 2. The van der Waals surface area contributed by atoms with Gasteiger partial charge in [0.2, 0.25) is 0 Å². The minimum Gasteiger partial charge on any atom is -0.385 e. The predicted molar refractivity (Wildman–Crippen MR) is 65.4 cm³/mol. The van der Waals surface area contributed by atoms with Gasteiger partial charge in [0.1, 0.15) is 0 Å². The molecular formula is C10H19N3OS. The number of unbranched alkanes of at least 4 members (excludes halogenated alkanes) is 2. The molecule has 0 saturated carbocycles. The zero-order valence-corrected chi connectivity index (χ0v) is 10.2. The van der Waals surface area contributed by atoms with E-state index in [1.165, 1.54) is 23.9 Å². The maximum Gasteiger partial charge on any atom is 0.182 e. The molecule has 1 rings (SSSR count). The molecule has 0 amide bonds. The van der Waals surface area contributed by atoms with Gasteiger partial charge >= 0.3 is 0 Å². The van der Waals surface area contributed by atoms with Crippen LogP contribution in [-0.4, -0.2) is 30.4 Å². The lowest BCUT2D eigenvalue weighted by Crippen LogP contribution is -2.24. The molecule has 0 aromatic rings. The molecule has 0 fully saturated rings. The van der Waals surface area contributed by atoms with Gasteiger partial charge in [0.25, 0.3) is 0 Å². The molecule has 0 aromatic carbocycles. The molecule has 0 saturated heterocycles. The highest BCUT2D eigenvalue weighted by molar-refractivity contribution is 8.16. The number of thioether (sulfide) groups is 1. The van der Waals surface area contributed by atoms with Crippen LogP contribution in [0.5, 0.6) is 0 Å². The summed E-state index contributed by atoms with van der Waals surface area (Å²) in [7, 11) is 1.74. The zero-order valence-electron chi connectivity index (χ0n) is 9.40. The molecule has 0 spiro atoms. The highest BCUT2D eigenvalue weighted by atomic mass is 32.2. The maximum atomic E-state index is 5.65. The van der Waals surface area contributed by atoms with Crippen molar-refractivity contribution in [1.82, 2.24) is 5.01 Å². The zero-order chi connectivity index (χ0) is 11.1. The Morgan fingerprint density at radius 2 is 2.27 bits per heavy atom. The van der Waals surface area contributed by atoms with Crippen LogP contribution in [-0.2, 0) is 4.74 Å². The number of allylic oxidation sites excluding steroid dienone is 1. The fraction of sp³-hybridized carbons (Fsp3) is 0.700. The molecule has 0 atom stereocenters. The summed E-state index contributed by atoms with van der Waals surface area (Å²) in [5.74, 6) is 0. The lowest BCUT2D eigenvalue weighted by atomic mass is 10.2. The van der Waals surface area contributed by atoms with Gasteiger partial charge in [0.05, 0.1) is 0 Å². The summed E-state index contributed by atoms with van der Waals surface area (Å²) < 4.78 is 5.00. The Hall–Kier alpha value is -0.680. The summed E-state index contributed by atoms with van der Waals surface area (Å²) in [6.07, 6.45) is 3.40. The lowest BCUT2D eigenvalue weighted by Gasteiger charge is -2.23. The third-order valence-corrected chi connectivity index (χ3v) is 2.98. The summed E-state index contributed by atoms with van der Waals surface area (Å²) in [6, 6.07) is 0. The van der Waals surface area contributed by atoms with E-state index in [4.69, 9.17) is 10.5 Å². The first-order valence-electron chi connectivity index (χ1n) is 5.18. The second-order valence-corrected chi connectivity index (χ2v) is 4.38. The van der Waals surface area contributed by atoms with Gasteiger partial charge in [-0.2, -0.15) is 0 Å². The van der Waals surface area contributed by atoms with Gasteiger partial charge in [-0.05, 0) is 31.6 Å². The SMILES string of the molecule is COCCCCCN1N=C(N)SC=C1C. The van der Waals surface area contributed by atoms with Crippen molar-refractivity contribution in [2.24, 2.45) is 10.8 Å². The van der Waals surface area contributed by atoms with Gasteiger partial charge in [0.15, 0.2) is 5.17 Å². The van der Waals surface area contributed by atoms with Crippen molar-refractivity contribution in [2.75, 3.05) is 20.3 Å². The highest BCUT2D eigenvalue weighted by Crippen LogP contribution is 2.18. The molecular weight excluding hydrogens is 210 g/mol. The van der Waals surface area contributed by atoms with Crippen molar-refractivity contribution in [3.63, 3.8) is 0 Å². The molecule has 2 N–H and O–H groups in total. The number of hydrazone groups is 1. The quantitative estimate of drug-likeness (QED) is 0.707. The summed E-state index contributed by atoms with van der Waals surface area (Å²) >= 11 is 1.48. The Balaban J connectivity index is 2.19. The first-order valence-corrected chi connectivity index (χ1v) is 6.06. The molecule has 1 aliphatic rings. The van der Waals surface area contributed by atoms with Gasteiger partial charge in [-0.15, -0.1) is 5.10 Å². The van der Waals surface area contributed by atoms with Gasteiger partial charge in [0, 0.05) is 26.0 Å². The maximum absolute atomic E-state index is 5.65. The van der Waals surface area contributed by atoms with E-state index in [-0.39, 0.29) is 0 Å². The molecule has 4 nitrogen and oxygen atoms in total. The van der Waals surface area contributed by atoms with E-state index >= 15 is 0 Å². The van der Waals surface area contributed by atoms with Gasteiger partial charge in [-0.25, -0.2) is 0 Å². The number of ether oxygens (including phenoxy) is 1. The van der Waals surface area contributed by atoms with Gasteiger partial charge in [-0.1, -0.05) is 11.8 Å². The lowest BCUT2D eigenvalue weighted by molar-refractivity contribution is 0.190. The Kier molecular flexibility index (Phi) is 5.57. The third-order valence-electron chi connectivity index (χ3n) is 2.20. The number of hydrogen-bond donors (Lipinski definition) is 1. The van der Waals surface area contributed by atoms with E-state index < -0.39 is 0 Å². The van der Waals surface area contributed by atoms with Crippen LogP contribution >= 0.6 is 11.8 Å². The molecule has 0 bridgehead atoms. The number of methoxy groups -OCH3 is 1. The molecule has 86 valence electrons. The standard InChI is InChI=1S/C10H19N3OS/c1-9-8-15-10(11)12-13(9)6-4-3-5-7-14-2/h8H,3-7H2,1-2H3,(H2,11,12). The molecule has 15 heavy (non-hydrogen) atoms. The fourth-order valence-electron chi connectivity index (χ4n) is 1.34.